The monoisotopic (exact) mass is 356 g/mol. The third-order valence-electron chi connectivity index (χ3n) is 5.74. The van der Waals surface area contributed by atoms with E-state index in [9.17, 15) is 0 Å². The summed E-state index contributed by atoms with van der Waals surface area (Å²) in [5, 5.41) is 8.96. The van der Waals surface area contributed by atoms with Gasteiger partial charge in [0, 0.05) is 31.7 Å². The van der Waals surface area contributed by atoms with E-state index >= 15 is 0 Å². The number of para-hydroxylation sites is 2. The second kappa shape index (κ2) is 6.20. The highest BCUT2D eigenvalue weighted by molar-refractivity contribution is 5.76. The second-order valence-electron chi connectivity index (χ2n) is 7.35. The summed E-state index contributed by atoms with van der Waals surface area (Å²) in [5.74, 6) is 2.57. The van der Waals surface area contributed by atoms with E-state index in [1.54, 1.807) is 6.20 Å². The molecule has 2 aromatic heterocycles. The average Bonchev–Trinajstić information content (AvgIpc) is 3.28. The Bertz CT molecular complexity index is 1040. The van der Waals surface area contributed by atoms with Crippen LogP contribution in [0.15, 0.2) is 42.6 Å². The molecule has 2 atom stereocenters. The molecule has 0 aliphatic carbocycles. The minimum Gasteiger partial charge on any atom is -0.354 e. The average molecular weight is 356 g/mol. The van der Waals surface area contributed by atoms with Gasteiger partial charge in [0.1, 0.15) is 11.9 Å². The number of nitrogens with zero attached hydrogens (tertiary/aromatic N) is 6. The lowest BCUT2D eigenvalue weighted by Gasteiger charge is -2.27. The fourth-order valence-electron chi connectivity index (χ4n) is 4.40. The summed E-state index contributed by atoms with van der Waals surface area (Å²) in [4.78, 5) is 18.9. The predicted molar refractivity (Wildman–Crippen MR) is 105 cm³/mol. The van der Waals surface area contributed by atoms with Crippen LogP contribution < -0.4 is 9.80 Å². The number of nitriles is 1. The quantitative estimate of drug-likeness (QED) is 0.703. The number of anilines is 2. The van der Waals surface area contributed by atoms with Gasteiger partial charge >= 0.3 is 0 Å². The number of pyridine rings is 1. The molecule has 2 aliphatic heterocycles. The van der Waals surface area contributed by atoms with E-state index in [0.717, 1.165) is 54.4 Å². The number of fused-ring (bicyclic) bond motifs is 2. The molecule has 4 heterocycles. The highest BCUT2D eigenvalue weighted by Gasteiger charge is 2.42. The summed E-state index contributed by atoms with van der Waals surface area (Å²) in [6.07, 6.45) is 2.81. The Morgan fingerprint density at radius 3 is 2.63 bits per heavy atom. The lowest BCUT2D eigenvalue weighted by Crippen LogP contribution is -2.36. The van der Waals surface area contributed by atoms with Crippen LogP contribution in [0.25, 0.3) is 11.0 Å². The Kier molecular flexibility index (Phi) is 3.68. The SMILES string of the molecule is Cc1nc2ccccc2nc1N1CCC2CN(c3ccc(C#N)cn3)CC21. The Hall–Kier alpha value is -3.20. The summed E-state index contributed by atoms with van der Waals surface area (Å²) < 4.78 is 0. The van der Waals surface area contributed by atoms with Crippen LogP contribution in [0.2, 0.25) is 0 Å². The van der Waals surface area contributed by atoms with Crippen molar-refractivity contribution in [3.8, 4) is 6.07 Å². The fourth-order valence-corrected chi connectivity index (χ4v) is 4.40. The fraction of sp³-hybridized carbons (Fsp3) is 0.333. The van der Waals surface area contributed by atoms with E-state index in [-0.39, 0.29) is 0 Å². The smallest absolute Gasteiger partial charge is 0.151 e. The third kappa shape index (κ3) is 2.67. The van der Waals surface area contributed by atoms with Gasteiger partial charge in [0.15, 0.2) is 5.82 Å². The molecule has 1 aromatic carbocycles. The van der Waals surface area contributed by atoms with Crippen LogP contribution >= 0.6 is 0 Å². The molecule has 2 fully saturated rings. The molecule has 3 aromatic rings. The highest BCUT2D eigenvalue weighted by atomic mass is 15.3. The molecule has 2 unspecified atom stereocenters. The first-order valence-electron chi connectivity index (χ1n) is 9.34. The first kappa shape index (κ1) is 16.0. The first-order valence-corrected chi connectivity index (χ1v) is 9.34. The van der Waals surface area contributed by atoms with Crippen LogP contribution in [0.4, 0.5) is 11.6 Å². The van der Waals surface area contributed by atoms with E-state index in [2.05, 4.69) is 27.8 Å². The molecular weight excluding hydrogens is 336 g/mol. The van der Waals surface area contributed by atoms with Crippen LogP contribution in [0, 0.1) is 24.2 Å². The van der Waals surface area contributed by atoms with Crippen molar-refractivity contribution in [2.45, 2.75) is 19.4 Å². The van der Waals surface area contributed by atoms with Crippen LogP contribution in [-0.2, 0) is 0 Å². The topological polar surface area (TPSA) is 68.9 Å². The zero-order valence-electron chi connectivity index (χ0n) is 15.2. The Labute approximate surface area is 158 Å². The van der Waals surface area contributed by atoms with Gasteiger partial charge in [-0.25, -0.2) is 15.0 Å². The van der Waals surface area contributed by atoms with Gasteiger partial charge in [-0.1, -0.05) is 12.1 Å². The standard InChI is InChI=1S/C21H20N6/c1-14-21(25-18-5-3-2-4-17(18)24-14)27-9-8-16-12-26(13-19(16)27)20-7-6-15(10-22)11-23-20/h2-7,11,16,19H,8-9,12-13H2,1H3. The molecule has 0 saturated carbocycles. The molecule has 0 amide bonds. The van der Waals surface area contributed by atoms with Crippen LogP contribution in [0.3, 0.4) is 0 Å². The van der Waals surface area contributed by atoms with Crippen molar-refractivity contribution in [3.05, 3.63) is 53.9 Å². The highest BCUT2D eigenvalue weighted by Crippen LogP contribution is 2.37. The van der Waals surface area contributed by atoms with Gasteiger partial charge in [-0.2, -0.15) is 5.26 Å². The molecule has 6 nitrogen and oxygen atoms in total. The van der Waals surface area contributed by atoms with Gasteiger partial charge in [-0.05, 0) is 37.6 Å². The molecule has 0 radical (unpaired) electrons. The van der Waals surface area contributed by atoms with Crippen molar-refractivity contribution in [1.29, 1.82) is 5.26 Å². The van der Waals surface area contributed by atoms with Crippen molar-refractivity contribution in [1.82, 2.24) is 15.0 Å². The Morgan fingerprint density at radius 2 is 1.89 bits per heavy atom. The van der Waals surface area contributed by atoms with Crippen molar-refractivity contribution < 1.29 is 0 Å². The number of rotatable bonds is 2. The normalized spacial score (nSPS) is 21.5. The number of benzene rings is 1. The number of hydrogen-bond donors (Lipinski definition) is 0. The molecule has 134 valence electrons. The summed E-state index contributed by atoms with van der Waals surface area (Å²) in [7, 11) is 0. The molecule has 2 saturated heterocycles. The van der Waals surface area contributed by atoms with Gasteiger partial charge in [0.05, 0.1) is 28.3 Å². The molecule has 2 aliphatic rings. The maximum Gasteiger partial charge on any atom is 0.151 e. The molecule has 0 N–H and O–H groups in total. The van der Waals surface area contributed by atoms with Crippen LogP contribution in [0.5, 0.6) is 0 Å². The molecule has 0 bridgehead atoms. The zero-order valence-corrected chi connectivity index (χ0v) is 15.2. The summed E-state index contributed by atoms with van der Waals surface area (Å²) >= 11 is 0. The van der Waals surface area contributed by atoms with Gasteiger partial charge in [0.2, 0.25) is 0 Å². The van der Waals surface area contributed by atoms with Crippen molar-refractivity contribution >= 4 is 22.7 Å². The molecule has 0 spiro atoms. The third-order valence-corrected chi connectivity index (χ3v) is 5.74. The maximum absolute atomic E-state index is 8.96. The molecular formula is C21H20N6. The van der Waals surface area contributed by atoms with Crippen LogP contribution in [-0.4, -0.2) is 40.6 Å². The zero-order chi connectivity index (χ0) is 18.4. The lowest BCUT2D eigenvalue weighted by molar-refractivity contribution is 0.579. The minimum atomic E-state index is 0.427. The largest absolute Gasteiger partial charge is 0.354 e. The lowest BCUT2D eigenvalue weighted by atomic mass is 10.1. The number of aromatic nitrogens is 3. The number of hydrogen-bond acceptors (Lipinski definition) is 6. The van der Waals surface area contributed by atoms with E-state index in [4.69, 9.17) is 15.2 Å². The Balaban J connectivity index is 1.43. The Morgan fingerprint density at radius 1 is 1.07 bits per heavy atom. The van der Waals surface area contributed by atoms with E-state index in [1.165, 1.54) is 0 Å². The minimum absolute atomic E-state index is 0.427. The predicted octanol–water partition coefficient (Wildman–Crippen LogP) is 2.92. The maximum atomic E-state index is 8.96. The summed E-state index contributed by atoms with van der Waals surface area (Å²) in [6, 6.07) is 14.4. The molecule has 5 rings (SSSR count). The first-order chi connectivity index (χ1) is 13.2. The van der Waals surface area contributed by atoms with E-state index in [1.807, 2.05) is 36.4 Å². The van der Waals surface area contributed by atoms with Gasteiger partial charge in [-0.15, -0.1) is 0 Å². The van der Waals surface area contributed by atoms with Gasteiger partial charge in [0.25, 0.3) is 0 Å². The van der Waals surface area contributed by atoms with Crippen molar-refractivity contribution in [2.24, 2.45) is 5.92 Å². The van der Waals surface area contributed by atoms with Crippen molar-refractivity contribution in [3.63, 3.8) is 0 Å². The summed E-state index contributed by atoms with van der Waals surface area (Å²) in [5.41, 5.74) is 3.49. The van der Waals surface area contributed by atoms with Crippen molar-refractivity contribution in [2.75, 3.05) is 29.4 Å². The van der Waals surface area contributed by atoms with Gasteiger partial charge in [-0.3, -0.25) is 0 Å². The summed E-state index contributed by atoms with van der Waals surface area (Å²) in [6.45, 7) is 5.01. The number of aryl methyl sites for hydroxylation is 1. The molecule has 6 heteroatoms. The second-order valence-corrected chi connectivity index (χ2v) is 7.35. The van der Waals surface area contributed by atoms with Crippen LogP contribution in [0.1, 0.15) is 17.7 Å². The van der Waals surface area contributed by atoms with E-state index < -0.39 is 0 Å². The van der Waals surface area contributed by atoms with E-state index in [0.29, 0.717) is 17.5 Å². The molecule has 27 heavy (non-hydrogen) atoms. The van der Waals surface area contributed by atoms with Gasteiger partial charge < -0.3 is 9.80 Å².